The Bertz CT molecular complexity index is 193. The van der Waals surface area contributed by atoms with E-state index in [-0.39, 0.29) is 0 Å². The normalized spacial score (nSPS) is 39.2. The minimum absolute atomic E-state index is 0.301. The summed E-state index contributed by atoms with van der Waals surface area (Å²) in [6.45, 7) is 9.98. The van der Waals surface area contributed by atoms with Crippen LogP contribution in [0.5, 0.6) is 0 Å². The molecule has 98 valence electrons. The lowest BCUT2D eigenvalue weighted by Crippen LogP contribution is -2.55. The topological polar surface area (TPSA) is 58.9 Å². The SMILES string of the molecule is CC(C)C.COC1(C)C[C@H](O)O[C@@H](C)[C@@H]1O. The minimum Gasteiger partial charge on any atom is -0.387 e. The highest BCUT2D eigenvalue weighted by Crippen LogP contribution is 2.30. The van der Waals surface area contributed by atoms with Gasteiger partial charge in [0, 0.05) is 13.5 Å². The summed E-state index contributed by atoms with van der Waals surface area (Å²) in [6.07, 6.45) is -1.62. The van der Waals surface area contributed by atoms with Gasteiger partial charge in [0.1, 0.15) is 6.10 Å². The molecule has 0 amide bonds. The second-order valence-electron chi connectivity index (χ2n) is 5.19. The number of hydrogen-bond donors (Lipinski definition) is 2. The number of ether oxygens (including phenoxy) is 2. The highest BCUT2D eigenvalue weighted by Gasteiger charge is 2.44. The molecule has 16 heavy (non-hydrogen) atoms. The first-order valence-corrected chi connectivity index (χ1v) is 5.79. The number of aliphatic hydroxyl groups excluding tert-OH is 2. The molecule has 1 unspecified atom stereocenters. The van der Waals surface area contributed by atoms with Crippen molar-refractivity contribution in [3.8, 4) is 0 Å². The molecule has 0 spiro atoms. The highest BCUT2D eigenvalue weighted by molar-refractivity contribution is 4.91. The average Bonchev–Trinajstić information content (AvgIpc) is 2.13. The third-order valence-electron chi connectivity index (χ3n) is 2.49. The maximum Gasteiger partial charge on any atom is 0.157 e. The molecule has 4 nitrogen and oxygen atoms in total. The monoisotopic (exact) mass is 234 g/mol. The van der Waals surface area contributed by atoms with Gasteiger partial charge in [0.25, 0.3) is 0 Å². The molecule has 0 saturated carbocycles. The summed E-state index contributed by atoms with van der Waals surface area (Å²) in [5.41, 5.74) is -0.697. The first kappa shape index (κ1) is 15.8. The van der Waals surface area contributed by atoms with Gasteiger partial charge in [0.15, 0.2) is 6.29 Å². The molecule has 0 bridgehead atoms. The van der Waals surface area contributed by atoms with Crippen molar-refractivity contribution in [1.82, 2.24) is 0 Å². The van der Waals surface area contributed by atoms with E-state index in [4.69, 9.17) is 9.47 Å². The minimum atomic E-state index is -0.839. The largest absolute Gasteiger partial charge is 0.387 e. The van der Waals surface area contributed by atoms with E-state index < -0.39 is 24.1 Å². The molecular formula is C12H26O4. The van der Waals surface area contributed by atoms with Gasteiger partial charge < -0.3 is 19.7 Å². The van der Waals surface area contributed by atoms with Crippen molar-refractivity contribution in [2.45, 2.75) is 65.1 Å². The lowest BCUT2D eigenvalue weighted by atomic mass is 9.89. The van der Waals surface area contributed by atoms with Gasteiger partial charge in [-0.1, -0.05) is 20.8 Å². The summed E-state index contributed by atoms with van der Waals surface area (Å²) >= 11 is 0. The van der Waals surface area contributed by atoms with Crippen molar-refractivity contribution in [1.29, 1.82) is 0 Å². The standard InChI is InChI=1S/C8H16O4.C4H10/c1-5-7(10)8(2,11-3)4-6(9)12-5;1-4(2)3/h5-7,9-10H,4H2,1-3H3;4H,1-3H3/t5-,6+,7-,8?;/m0./s1. The van der Waals surface area contributed by atoms with Crippen LogP contribution < -0.4 is 0 Å². The third kappa shape index (κ3) is 4.78. The number of aliphatic hydroxyl groups is 2. The second kappa shape index (κ2) is 6.55. The molecule has 1 saturated heterocycles. The molecule has 4 heteroatoms. The van der Waals surface area contributed by atoms with E-state index in [0.29, 0.717) is 6.42 Å². The van der Waals surface area contributed by atoms with Crippen molar-refractivity contribution >= 4 is 0 Å². The molecular weight excluding hydrogens is 208 g/mol. The number of methoxy groups -OCH3 is 1. The van der Waals surface area contributed by atoms with Crippen LogP contribution in [0.15, 0.2) is 0 Å². The fourth-order valence-corrected chi connectivity index (χ4v) is 1.54. The van der Waals surface area contributed by atoms with Crippen LogP contribution in [0.4, 0.5) is 0 Å². The van der Waals surface area contributed by atoms with Crippen molar-refractivity contribution in [2.24, 2.45) is 5.92 Å². The van der Waals surface area contributed by atoms with Crippen LogP contribution in [-0.2, 0) is 9.47 Å². The Morgan fingerprint density at radius 1 is 1.31 bits per heavy atom. The number of hydrogen-bond acceptors (Lipinski definition) is 4. The maximum atomic E-state index is 9.65. The molecule has 0 aromatic heterocycles. The Morgan fingerprint density at radius 3 is 2.12 bits per heavy atom. The van der Waals surface area contributed by atoms with E-state index >= 15 is 0 Å². The van der Waals surface area contributed by atoms with Crippen molar-refractivity contribution in [2.75, 3.05) is 7.11 Å². The fraction of sp³-hybridized carbons (Fsp3) is 1.00. The van der Waals surface area contributed by atoms with E-state index in [2.05, 4.69) is 20.8 Å². The van der Waals surface area contributed by atoms with E-state index in [1.807, 2.05) is 0 Å². The smallest absolute Gasteiger partial charge is 0.157 e. The Balaban J connectivity index is 0.000000487. The summed E-state index contributed by atoms with van der Waals surface area (Å²) in [4.78, 5) is 0. The predicted molar refractivity (Wildman–Crippen MR) is 63.1 cm³/mol. The molecule has 2 N–H and O–H groups in total. The highest BCUT2D eigenvalue weighted by atomic mass is 16.6. The van der Waals surface area contributed by atoms with Crippen LogP contribution in [0.1, 0.15) is 41.0 Å². The molecule has 0 aromatic carbocycles. The molecule has 4 atom stereocenters. The third-order valence-corrected chi connectivity index (χ3v) is 2.49. The van der Waals surface area contributed by atoms with Crippen molar-refractivity contribution < 1.29 is 19.7 Å². The van der Waals surface area contributed by atoms with Crippen LogP contribution in [0, 0.1) is 5.92 Å². The summed E-state index contributed by atoms with van der Waals surface area (Å²) in [7, 11) is 1.52. The van der Waals surface area contributed by atoms with Crippen LogP contribution in [-0.4, -0.2) is 41.4 Å². The molecule has 0 aromatic rings. The van der Waals surface area contributed by atoms with Gasteiger partial charge in [-0.15, -0.1) is 0 Å². The maximum absolute atomic E-state index is 9.65. The summed E-state index contributed by atoms with van der Waals surface area (Å²) in [5, 5.41) is 18.9. The van der Waals surface area contributed by atoms with Gasteiger partial charge in [-0.3, -0.25) is 0 Å². The first-order valence-electron chi connectivity index (χ1n) is 5.79. The van der Waals surface area contributed by atoms with E-state index in [1.165, 1.54) is 7.11 Å². The first-order chi connectivity index (χ1) is 7.23. The zero-order valence-electron chi connectivity index (χ0n) is 11.2. The zero-order valence-corrected chi connectivity index (χ0v) is 11.2. The lowest BCUT2D eigenvalue weighted by Gasteiger charge is -2.42. The Morgan fingerprint density at radius 2 is 1.75 bits per heavy atom. The number of rotatable bonds is 1. The van der Waals surface area contributed by atoms with Gasteiger partial charge in [-0.2, -0.15) is 0 Å². The zero-order chi connectivity index (χ0) is 12.9. The molecule has 1 fully saturated rings. The van der Waals surface area contributed by atoms with Crippen LogP contribution in [0.2, 0.25) is 0 Å². The van der Waals surface area contributed by atoms with Crippen molar-refractivity contribution in [3.63, 3.8) is 0 Å². The quantitative estimate of drug-likeness (QED) is 0.722. The van der Waals surface area contributed by atoms with Crippen molar-refractivity contribution in [3.05, 3.63) is 0 Å². The predicted octanol–water partition coefficient (Wildman–Crippen LogP) is 1.54. The van der Waals surface area contributed by atoms with E-state index in [9.17, 15) is 10.2 Å². The second-order valence-corrected chi connectivity index (χ2v) is 5.19. The van der Waals surface area contributed by atoms with Crippen LogP contribution in [0.25, 0.3) is 0 Å². The molecule has 1 rings (SSSR count). The van der Waals surface area contributed by atoms with Gasteiger partial charge >= 0.3 is 0 Å². The van der Waals surface area contributed by atoms with Crippen LogP contribution >= 0.6 is 0 Å². The Hall–Kier alpha value is -0.160. The van der Waals surface area contributed by atoms with Gasteiger partial charge in [-0.05, 0) is 19.8 Å². The van der Waals surface area contributed by atoms with E-state index in [0.717, 1.165) is 5.92 Å². The summed E-state index contributed by atoms with van der Waals surface area (Å²) < 4.78 is 10.2. The average molecular weight is 234 g/mol. The van der Waals surface area contributed by atoms with E-state index in [1.54, 1.807) is 13.8 Å². The fourth-order valence-electron chi connectivity index (χ4n) is 1.54. The molecule has 0 radical (unpaired) electrons. The van der Waals surface area contributed by atoms with Gasteiger partial charge in [0.05, 0.1) is 11.7 Å². The molecule has 0 aliphatic carbocycles. The molecule has 1 aliphatic rings. The summed E-state index contributed by atoms with van der Waals surface area (Å²) in [6, 6.07) is 0. The molecule has 1 heterocycles. The van der Waals surface area contributed by atoms with Crippen LogP contribution in [0.3, 0.4) is 0 Å². The van der Waals surface area contributed by atoms with Gasteiger partial charge in [0.2, 0.25) is 0 Å². The lowest BCUT2D eigenvalue weighted by molar-refractivity contribution is -0.263. The Labute approximate surface area is 98.6 Å². The Kier molecular flexibility index (Phi) is 6.48. The molecule has 1 aliphatic heterocycles. The summed E-state index contributed by atoms with van der Waals surface area (Å²) in [5.74, 6) is 0.833. The van der Waals surface area contributed by atoms with Gasteiger partial charge in [-0.25, -0.2) is 0 Å².